The van der Waals surface area contributed by atoms with E-state index in [0.29, 0.717) is 5.56 Å². The molecule has 0 aromatic heterocycles. The average Bonchev–Trinajstić information content (AvgIpc) is 2.27. The Morgan fingerprint density at radius 1 is 1.20 bits per heavy atom. The molecule has 20 heavy (non-hydrogen) atoms. The highest BCUT2D eigenvalue weighted by Crippen LogP contribution is 2.29. The highest BCUT2D eigenvalue weighted by atomic mass is 32.2. The van der Waals surface area contributed by atoms with Gasteiger partial charge < -0.3 is 4.74 Å². The Balaban J connectivity index is 3.06. The van der Waals surface area contributed by atoms with E-state index in [9.17, 15) is 17.8 Å². The van der Waals surface area contributed by atoms with E-state index < -0.39 is 32.9 Å². The van der Waals surface area contributed by atoms with Crippen molar-refractivity contribution >= 4 is 16.1 Å². The van der Waals surface area contributed by atoms with Gasteiger partial charge in [0.25, 0.3) is 10.1 Å². The molecule has 0 saturated heterocycles. The van der Waals surface area contributed by atoms with E-state index in [4.69, 9.17) is 4.74 Å². The van der Waals surface area contributed by atoms with Crippen LogP contribution in [0.4, 0.5) is 0 Å². The van der Waals surface area contributed by atoms with Crippen molar-refractivity contribution in [2.24, 2.45) is 5.41 Å². The van der Waals surface area contributed by atoms with Crippen LogP contribution in [0, 0.1) is 5.41 Å². The smallest absolute Gasteiger partial charge is 0.311 e. The van der Waals surface area contributed by atoms with Gasteiger partial charge in [-0.3, -0.25) is 9.35 Å². The third-order valence-electron chi connectivity index (χ3n) is 2.78. The van der Waals surface area contributed by atoms with Gasteiger partial charge in [0.1, 0.15) is 11.4 Å². The maximum absolute atomic E-state index is 11.8. The van der Waals surface area contributed by atoms with E-state index >= 15 is 0 Å². The molecule has 0 fully saturated rings. The second-order valence-corrected chi connectivity index (χ2v) is 7.24. The van der Waals surface area contributed by atoms with E-state index in [1.807, 2.05) is 0 Å². The SMILES string of the molecule is CC(OC(=O)C(C)(C)C)C(c1ccccc1)S(=O)(=O)O. The quantitative estimate of drug-likeness (QED) is 0.683. The number of hydrogen-bond acceptors (Lipinski definition) is 4. The minimum absolute atomic E-state index is 0.379. The molecule has 0 saturated carbocycles. The van der Waals surface area contributed by atoms with E-state index in [-0.39, 0.29) is 0 Å². The normalized spacial score (nSPS) is 15.4. The van der Waals surface area contributed by atoms with Crippen LogP contribution < -0.4 is 0 Å². The lowest BCUT2D eigenvalue weighted by atomic mass is 9.97. The fourth-order valence-corrected chi connectivity index (χ4v) is 2.78. The number of ether oxygens (including phenoxy) is 1. The van der Waals surface area contributed by atoms with Crippen molar-refractivity contribution in [1.82, 2.24) is 0 Å². The number of carbonyl (C=O) groups excluding carboxylic acids is 1. The molecule has 6 heteroatoms. The predicted octanol–water partition coefficient (Wildman–Crippen LogP) is 2.59. The Bertz CT molecular complexity index is 557. The summed E-state index contributed by atoms with van der Waals surface area (Å²) in [5, 5.41) is -1.30. The molecule has 1 aromatic carbocycles. The molecule has 2 unspecified atom stereocenters. The summed E-state index contributed by atoms with van der Waals surface area (Å²) in [6, 6.07) is 8.19. The summed E-state index contributed by atoms with van der Waals surface area (Å²) in [7, 11) is -4.39. The number of carbonyl (C=O) groups is 1. The van der Waals surface area contributed by atoms with Crippen LogP contribution in [0.15, 0.2) is 30.3 Å². The summed E-state index contributed by atoms with van der Waals surface area (Å²) in [4.78, 5) is 11.8. The number of esters is 1. The lowest BCUT2D eigenvalue weighted by Gasteiger charge is -2.25. The fraction of sp³-hybridized carbons (Fsp3) is 0.500. The molecule has 1 rings (SSSR count). The molecular formula is C14H20O5S. The van der Waals surface area contributed by atoms with Gasteiger partial charge in [-0.2, -0.15) is 8.42 Å². The molecule has 112 valence electrons. The number of benzene rings is 1. The minimum Gasteiger partial charge on any atom is -0.460 e. The van der Waals surface area contributed by atoms with Crippen LogP contribution in [0.3, 0.4) is 0 Å². The van der Waals surface area contributed by atoms with E-state index in [2.05, 4.69) is 0 Å². The van der Waals surface area contributed by atoms with Gasteiger partial charge in [-0.05, 0) is 33.3 Å². The van der Waals surface area contributed by atoms with Crippen LogP contribution in [0.2, 0.25) is 0 Å². The van der Waals surface area contributed by atoms with Gasteiger partial charge in [0.05, 0.1) is 5.41 Å². The Hall–Kier alpha value is -1.40. The molecule has 1 N–H and O–H groups in total. The summed E-state index contributed by atoms with van der Waals surface area (Å²) in [6.07, 6.45) is -0.987. The van der Waals surface area contributed by atoms with Gasteiger partial charge in [0.2, 0.25) is 0 Å². The molecule has 0 spiro atoms. The van der Waals surface area contributed by atoms with Gasteiger partial charge in [-0.15, -0.1) is 0 Å². The first kappa shape index (κ1) is 16.7. The van der Waals surface area contributed by atoms with Crippen LogP contribution in [0.5, 0.6) is 0 Å². The predicted molar refractivity (Wildman–Crippen MR) is 75.7 cm³/mol. The molecule has 0 heterocycles. The largest absolute Gasteiger partial charge is 0.460 e. The summed E-state index contributed by atoms with van der Waals surface area (Å²) in [6.45, 7) is 6.47. The van der Waals surface area contributed by atoms with Crippen molar-refractivity contribution in [2.45, 2.75) is 39.0 Å². The fourth-order valence-electron chi connectivity index (χ4n) is 1.74. The van der Waals surface area contributed by atoms with Crippen molar-refractivity contribution in [3.05, 3.63) is 35.9 Å². The second-order valence-electron chi connectivity index (χ2n) is 5.71. The summed E-state index contributed by atoms with van der Waals surface area (Å²) < 4.78 is 37.7. The van der Waals surface area contributed by atoms with Crippen molar-refractivity contribution in [3.63, 3.8) is 0 Å². The zero-order valence-corrected chi connectivity index (χ0v) is 12.8. The van der Waals surface area contributed by atoms with E-state index in [1.165, 1.54) is 6.92 Å². The van der Waals surface area contributed by atoms with Crippen LogP contribution in [-0.4, -0.2) is 25.0 Å². The lowest BCUT2D eigenvalue weighted by Crippen LogP contribution is -2.33. The molecule has 0 amide bonds. The lowest BCUT2D eigenvalue weighted by molar-refractivity contribution is -0.157. The maximum atomic E-state index is 11.8. The molecule has 0 radical (unpaired) electrons. The van der Waals surface area contributed by atoms with Gasteiger partial charge >= 0.3 is 5.97 Å². The van der Waals surface area contributed by atoms with Crippen LogP contribution in [-0.2, 0) is 19.6 Å². The zero-order chi connectivity index (χ0) is 15.6. The molecular weight excluding hydrogens is 280 g/mol. The summed E-state index contributed by atoms with van der Waals surface area (Å²) in [5.41, 5.74) is -0.362. The topological polar surface area (TPSA) is 80.7 Å². The summed E-state index contributed by atoms with van der Waals surface area (Å²) in [5.74, 6) is -0.519. The minimum atomic E-state index is -4.39. The van der Waals surface area contributed by atoms with E-state index in [1.54, 1.807) is 51.1 Å². The highest BCUT2D eigenvalue weighted by molar-refractivity contribution is 7.86. The molecule has 0 aliphatic rings. The average molecular weight is 300 g/mol. The van der Waals surface area contributed by atoms with Crippen LogP contribution >= 0.6 is 0 Å². The molecule has 1 aromatic rings. The van der Waals surface area contributed by atoms with Crippen molar-refractivity contribution in [3.8, 4) is 0 Å². The second kappa shape index (κ2) is 5.93. The molecule has 2 atom stereocenters. The third-order valence-corrected chi connectivity index (χ3v) is 4.08. The Morgan fingerprint density at radius 2 is 1.70 bits per heavy atom. The van der Waals surface area contributed by atoms with Gasteiger partial charge in [-0.1, -0.05) is 30.3 Å². The first-order valence-electron chi connectivity index (χ1n) is 6.26. The first-order valence-corrected chi connectivity index (χ1v) is 7.76. The number of hydrogen-bond donors (Lipinski definition) is 1. The third kappa shape index (κ3) is 4.31. The maximum Gasteiger partial charge on any atom is 0.311 e. The Labute approximate surface area is 119 Å². The standard InChI is InChI=1S/C14H20O5S/c1-10(19-13(15)14(2,3)4)12(20(16,17)18)11-8-6-5-7-9-11/h5-10,12H,1-4H3,(H,16,17,18). The van der Waals surface area contributed by atoms with E-state index in [0.717, 1.165) is 0 Å². The Morgan fingerprint density at radius 3 is 2.10 bits per heavy atom. The monoisotopic (exact) mass is 300 g/mol. The van der Waals surface area contributed by atoms with Crippen LogP contribution in [0.25, 0.3) is 0 Å². The van der Waals surface area contributed by atoms with Crippen molar-refractivity contribution < 1.29 is 22.5 Å². The zero-order valence-electron chi connectivity index (χ0n) is 12.0. The first-order chi connectivity index (χ1) is 9.03. The van der Waals surface area contributed by atoms with Gasteiger partial charge in [0.15, 0.2) is 0 Å². The summed E-state index contributed by atoms with van der Waals surface area (Å²) >= 11 is 0. The van der Waals surface area contributed by atoms with Gasteiger partial charge in [-0.25, -0.2) is 0 Å². The molecule has 0 aliphatic carbocycles. The number of rotatable bonds is 4. The molecule has 0 aliphatic heterocycles. The highest BCUT2D eigenvalue weighted by Gasteiger charge is 2.35. The van der Waals surface area contributed by atoms with Gasteiger partial charge in [0, 0.05) is 0 Å². The molecule has 0 bridgehead atoms. The van der Waals surface area contributed by atoms with Crippen molar-refractivity contribution in [2.75, 3.05) is 0 Å². The Kier molecular flexibility index (Phi) is 4.94. The van der Waals surface area contributed by atoms with Crippen molar-refractivity contribution in [1.29, 1.82) is 0 Å². The molecule has 5 nitrogen and oxygen atoms in total. The van der Waals surface area contributed by atoms with Crippen LogP contribution in [0.1, 0.15) is 38.5 Å².